The Labute approximate surface area is 200 Å². The van der Waals surface area contributed by atoms with Crippen LogP contribution < -0.4 is 14.4 Å². The number of hydrogen-bond acceptors (Lipinski definition) is 5. The molecule has 0 fully saturated rings. The van der Waals surface area contributed by atoms with E-state index in [1.165, 1.54) is 29.6 Å². The monoisotopic (exact) mass is 480 g/mol. The normalized spacial score (nSPS) is 12.9. The molecule has 0 unspecified atom stereocenters. The summed E-state index contributed by atoms with van der Waals surface area (Å²) >= 11 is 0. The molecule has 1 aliphatic heterocycles. The zero-order valence-electron chi connectivity index (χ0n) is 19.3. The van der Waals surface area contributed by atoms with E-state index in [9.17, 15) is 13.2 Å². The molecule has 0 atom stereocenters. The SMILES string of the molecule is CCOCc1ccccc1CNC(=O)c1cc(S(=O)(=O)N2CCc3ccccc32)ccc1OC. The highest BCUT2D eigenvalue weighted by atomic mass is 32.2. The molecular formula is C26H28N2O5S. The molecule has 7 nitrogen and oxygen atoms in total. The summed E-state index contributed by atoms with van der Waals surface area (Å²) < 4.78 is 39.1. The highest BCUT2D eigenvalue weighted by Crippen LogP contribution is 2.34. The van der Waals surface area contributed by atoms with Gasteiger partial charge in [-0.15, -0.1) is 0 Å². The molecule has 0 spiro atoms. The van der Waals surface area contributed by atoms with Crippen LogP contribution in [0.4, 0.5) is 5.69 Å². The van der Waals surface area contributed by atoms with Gasteiger partial charge in [0.25, 0.3) is 15.9 Å². The van der Waals surface area contributed by atoms with Gasteiger partial charge in [0.1, 0.15) is 5.75 Å². The van der Waals surface area contributed by atoms with E-state index in [0.29, 0.717) is 37.6 Å². The molecule has 0 bridgehead atoms. The van der Waals surface area contributed by atoms with Crippen LogP contribution >= 0.6 is 0 Å². The number of benzene rings is 3. The number of para-hydroxylation sites is 1. The minimum absolute atomic E-state index is 0.0481. The van der Waals surface area contributed by atoms with Crippen molar-refractivity contribution in [3.63, 3.8) is 0 Å². The van der Waals surface area contributed by atoms with Gasteiger partial charge in [0.15, 0.2) is 0 Å². The maximum atomic E-state index is 13.4. The Morgan fingerprint density at radius 2 is 1.76 bits per heavy atom. The van der Waals surface area contributed by atoms with Gasteiger partial charge in [0, 0.05) is 19.7 Å². The van der Waals surface area contributed by atoms with Crippen molar-refractivity contribution in [2.24, 2.45) is 0 Å². The molecule has 34 heavy (non-hydrogen) atoms. The number of rotatable bonds is 9. The Morgan fingerprint density at radius 3 is 2.53 bits per heavy atom. The second-order valence-corrected chi connectivity index (χ2v) is 9.77. The Bertz CT molecular complexity index is 1290. The van der Waals surface area contributed by atoms with Gasteiger partial charge in [0.05, 0.1) is 29.9 Å². The highest BCUT2D eigenvalue weighted by molar-refractivity contribution is 7.92. The Morgan fingerprint density at radius 1 is 1.03 bits per heavy atom. The smallest absolute Gasteiger partial charge is 0.264 e. The molecule has 4 rings (SSSR count). The first-order valence-electron chi connectivity index (χ1n) is 11.2. The van der Waals surface area contributed by atoms with Crippen LogP contribution in [0.25, 0.3) is 0 Å². The van der Waals surface area contributed by atoms with Crippen LogP contribution in [-0.4, -0.2) is 34.6 Å². The molecule has 178 valence electrons. The van der Waals surface area contributed by atoms with E-state index < -0.39 is 15.9 Å². The molecule has 1 amide bonds. The molecule has 0 saturated carbocycles. The fraction of sp³-hybridized carbons (Fsp3) is 0.269. The van der Waals surface area contributed by atoms with E-state index in [1.807, 2.05) is 49.4 Å². The first-order chi connectivity index (χ1) is 16.5. The summed E-state index contributed by atoms with van der Waals surface area (Å²) in [6.45, 7) is 3.63. The molecule has 0 aromatic heterocycles. The third-order valence-electron chi connectivity index (χ3n) is 5.87. The van der Waals surface area contributed by atoms with Crippen LogP contribution in [0, 0.1) is 0 Å². The predicted molar refractivity (Wildman–Crippen MR) is 131 cm³/mol. The number of methoxy groups -OCH3 is 1. The number of nitrogens with zero attached hydrogens (tertiary/aromatic N) is 1. The molecule has 1 heterocycles. The number of sulfonamides is 1. The van der Waals surface area contributed by atoms with Gasteiger partial charge in [-0.05, 0) is 54.3 Å². The summed E-state index contributed by atoms with van der Waals surface area (Å²) in [4.78, 5) is 13.1. The molecule has 0 saturated heterocycles. The third-order valence-corrected chi connectivity index (χ3v) is 7.68. The van der Waals surface area contributed by atoms with Gasteiger partial charge in [-0.1, -0.05) is 42.5 Å². The average molecular weight is 481 g/mol. The number of carbonyl (C=O) groups excluding carboxylic acids is 1. The number of hydrogen-bond donors (Lipinski definition) is 1. The number of fused-ring (bicyclic) bond motifs is 1. The molecule has 0 aliphatic carbocycles. The van der Waals surface area contributed by atoms with Crippen LogP contribution in [0.5, 0.6) is 5.75 Å². The van der Waals surface area contributed by atoms with E-state index in [-0.39, 0.29) is 17.0 Å². The molecular weight excluding hydrogens is 452 g/mol. The maximum absolute atomic E-state index is 13.4. The Hall–Kier alpha value is -3.36. The van der Waals surface area contributed by atoms with Crippen LogP contribution in [-0.2, 0) is 34.3 Å². The van der Waals surface area contributed by atoms with Gasteiger partial charge in [-0.3, -0.25) is 9.10 Å². The summed E-state index contributed by atoms with van der Waals surface area (Å²) in [5.74, 6) is -0.109. The lowest BCUT2D eigenvalue weighted by Gasteiger charge is -2.20. The molecule has 3 aromatic rings. The van der Waals surface area contributed by atoms with E-state index in [0.717, 1.165) is 16.7 Å². The summed E-state index contributed by atoms with van der Waals surface area (Å²) in [7, 11) is -2.38. The van der Waals surface area contributed by atoms with Gasteiger partial charge >= 0.3 is 0 Å². The summed E-state index contributed by atoms with van der Waals surface area (Å²) in [5, 5.41) is 2.89. The van der Waals surface area contributed by atoms with Crippen molar-refractivity contribution in [1.82, 2.24) is 5.32 Å². The molecule has 1 N–H and O–H groups in total. The Kier molecular flexibility index (Phi) is 7.19. The molecule has 3 aromatic carbocycles. The second-order valence-electron chi connectivity index (χ2n) is 7.91. The number of amides is 1. The van der Waals surface area contributed by atoms with Crippen molar-refractivity contribution in [3.05, 3.63) is 89.0 Å². The van der Waals surface area contributed by atoms with Gasteiger partial charge in [-0.2, -0.15) is 0 Å². The molecule has 0 radical (unpaired) electrons. The third kappa shape index (κ3) is 4.78. The van der Waals surface area contributed by atoms with Gasteiger partial charge < -0.3 is 14.8 Å². The maximum Gasteiger partial charge on any atom is 0.264 e. The topological polar surface area (TPSA) is 84.9 Å². The molecule has 1 aliphatic rings. The number of anilines is 1. The first kappa shape index (κ1) is 23.8. The first-order valence-corrected chi connectivity index (χ1v) is 12.6. The minimum atomic E-state index is -3.84. The number of nitrogens with one attached hydrogen (secondary N) is 1. The van der Waals surface area contributed by atoms with Crippen molar-refractivity contribution in [3.8, 4) is 5.75 Å². The van der Waals surface area contributed by atoms with Gasteiger partial charge in [0.2, 0.25) is 0 Å². The van der Waals surface area contributed by atoms with Crippen molar-refractivity contribution < 1.29 is 22.7 Å². The van der Waals surface area contributed by atoms with Crippen molar-refractivity contribution >= 4 is 21.6 Å². The number of ether oxygens (including phenoxy) is 2. The fourth-order valence-electron chi connectivity index (χ4n) is 4.06. The van der Waals surface area contributed by atoms with E-state index >= 15 is 0 Å². The summed E-state index contributed by atoms with van der Waals surface area (Å²) in [5.41, 5.74) is 3.75. The quantitative estimate of drug-likeness (QED) is 0.502. The van der Waals surface area contributed by atoms with Crippen LogP contribution in [0.1, 0.15) is 34.0 Å². The predicted octanol–water partition coefficient (Wildman–Crippen LogP) is 3.91. The average Bonchev–Trinajstić information content (AvgIpc) is 3.31. The van der Waals surface area contributed by atoms with Crippen molar-refractivity contribution in [2.75, 3.05) is 24.6 Å². The van der Waals surface area contributed by atoms with E-state index in [1.54, 1.807) is 6.07 Å². The lowest BCUT2D eigenvalue weighted by atomic mass is 10.1. The highest BCUT2D eigenvalue weighted by Gasteiger charge is 2.31. The fourth-order valence-corrected chi connectivity index (χ4v) is 5.59. The van der Waals surface area contributed by atoms with E-state index in [2.05, 4.69) is 5.32 Å². The summed E-state index contributed by atoms with van der Waals surface area (Å²) in [6, 6.07) is 19.5. The van der Waals surface area contributed by atoms with Crippen molar-refractivity contribution in [1.29, 1.82) is 0 Å². The Balaban J connectivity index is 1.58. The second kappa shape index (κ2) is 10.3. The van der Waals surface area contributed by atoms with Gasteiger partial charge in [-0.25, -0.2) is 8.42 Å². The van der Waals surface area contributed by atoms with E-state index in [4.69, 9.17) is 9.47 Å². The van der Waals surface area contributed by atoms with Crippen molar-refractivity contribution in [2.45, 2.75) is 31.4 Å². The molecule has 8 heteroatoms. The minimum Gasteiger partial charge on any atom is -0.496 e. The van der Waals surface area contributed by atoms with Crippen LogP contribution in [0.2, 0.25) is 0 Å². The number of carbonyl (C=O) groups is 1. The van der Waals surface area contributed by atoms with Crippen LogP contribution in [0.3, 0.4) is 0 Å². The zero-order valence-corrected chi connectivity index (χ0v) is 20.1. The lowest BCUT2D eigenvalue weighted by molar-refractivity contribution is 0.0946. The van der Waals surface area contributed by atoms with Crippen LogP contribution in [0.15, 0.2) is 71.6 Å². The zero-order chi connectivity index (χ0) is 24.1. The standard InChI is InChI=1S/C26H28N2O5S/c1-3-33-18-21-10-5-4-9-20(21)17-27-26(29)23-16-22(12-13-25(23)32-2)34(30,31)28-15-14-19-8-6-7-11-24(19)28/h4-13,16H,3,14-15,17-18H2,1-2H3,(H,27,29). The largest absolute Gasteiger partial charge is 0.496 e. The lowest BCUT2D eigenvalue weighted by Crippen LogP contribution is -2.30. The summed E-state index contributed by atoms with van der Waals surface area (Å²) in [6.07, 6.45) is 0.653.